The first-order chi connectivity index (χ1) is 7.80. The highest BCUT2D eigenvalue weighted by molar-refractivity contribution is 7.84. The Hall–Kier alpha value is 0.110. The average Bonchev–Trinajstić information content (AvgIpc) is 2.25. The molecule has 2 unspecified atom stereocenters. The molecule has 0 aromatic rings. The molecule has 1 aliphatic carbocycles. The molecule has 1 aliphatic rings. The fourth-order valence-electron chi connectivity index (χ4n) is 2.61. The largest absolute Gasteiger partial charge is 0.313 e. The van der Waals surface area contributed by atoms with Crippen LogP contribution >= 0.6 is 0 Å². The zero-order chi connectivity index (χ0) is 13.1. The molecule has 0 bridgehead atoms. The van der Waals surface area contributed by atoms with E-state index in [-0.39, 0.29) is 5.25 Å². The summed E-state index contributed by atoms with van der Waals surface area (Å²) >= 11 is 0. The molecule has 0 aliphatic heterocycles. The first-order valence-electron chi connectivity index (χ1n) is 6.86. The average molecular weight is 259 g/mol. The van der Waals surface area contributed by atoms with Crippen molar-refractivity contribution in [2.45, 2.75) is 64.7 Å². The van der Waals surface area contributed by atoms with Crippen molar-refractivity contribution >= 4 is 10.8 Å². The van der Waals surface area contributed by atoms with E-state index >= 15 is 0 Å². The molecular weight excluding hydrogens is 230 g/mol. The SMILES string of the molecule is CC(CNC1CCC(C(C)(C)C)CC1)S(C)=O. The normalized spacial score (nSPS) is 29.9. The van der Waals surface area contributed by atoms with Gasteiger partial charge in [0.1, 0.15) is 0 Å². The van der Waals surface area contributed by atoms with Crippen LogP contribution in [0, 0.1) is 11.3 Å². The Balaban J connectivity index is 2.26. The van der Waals surface area contributed by atoms with Crippen molar-refractivity contribution in [3.63, 3.8) is 0 Å². The minimum Gasteiger partial charge on any atom is -0.313 e. The summed E-state index contributed by atoms with van der Waals surface area (Å²) in [7, 11) is -0.698. The maximum atomic E-state index is 11.3. The smallest absolute Gasteiger partial charge is 0.0441 e. The molecule has 0 aromatic heterocycles. The minimum absolute atomic E-state index is 0.273. The van der Waals surface area contributed by atoms with Crippen molar-refractivity contribution in [3.05, 3.63) is 0 Å². The standard InChI is InChI=1S/C14H29NOS/c1-11(17(5)16)10-15-13-8-6-12(7-9-13)14(2,3)4/h11-13,15H,6-10H2,1-5H3. The van der Waals surface area contributed by atoms with Gasteiger partial charge in [-0.15, -0.1) is 0 Å². The van der Waals surface area contributed by atoms with Gasteiger partial charge in [0.15, 0.2) is 0 Å². The summed E-state index contributed by atoms with van der Waals surface area (Å²) in [5, 5.41) is 3.86. The monoisotopic (exact) mass is 259 g/mol. The van der Waals surface area contributed by atoms with Crippen LogP contribution in [0.3, 0.4) is 0 Å². The molecule has 0 radical (unpaired) electrons. The number of rotatable bonds is 4. The predicted octanol–water partition coefficient (Wildman–Crippen LogP) is 2.95. The molecule has 102 valence electrons. The van der Waals surface area contributed by atoms with E-state index in [4.69, 9.17) is 0 Å². The summed E-state index contributed by atoms with van der Waals surface area (Å²) in [6.07, 6.45) is 7.04. The molecule has 1 rings (SSSR count). The molecule has 1 N–H and O–H groups in total. The van der Waals surface area contributed by atoms with Gasteiger partial charge in [0, 0.05) is 34.9 Å². The van der Waals surface area contributed by atoms with Gasteiger partial charge < -0.3 is 5.32 Å². The highest BCUT2D eigenvalue weighted by Crippen LogP contribution is 2.37. The van der Waals surface area contributed by atoms with E-state index < -0.39 is 10.8 Å². The summed E-state index contributed by atoms with van der Waals surface area (Å²) < 4.78 is 11.3. The van der Waals surface area contributed by atoms with Gasteiger partial charge in [-0.3, -0.25) is 4.21 Å². The van der Waals surface area contributed by atoms with Gasteiger partial charge in [0.25, 0.3) is 0 Å². The number of hydrogen-bond donors (Lipinski definition) is 1. The van der Waals surface area contributed by atoms with Crippen LogP contribution in [0.5, 0.6) is 0 Å². The molecule has 0 aromatic carbocycles. The van der Waals surface area contributed by atoms with Crippen LogP contribution in [0.1, 0.15) is 53.4 Å². The van der Waals surface area contributed by atoms with Crippen molar-refractivity contribution in [3.8, 4) is 0 Å². The minimum atomic E-state index is -0.698. The van der Waals surface area contributed by atoms with Gasteiger partial charge in [-0.05, 0) is 43.9 Å². The molecule has 0 amide bonds. The van der Waals surface area contributed by atoms with E-state index in [9.17, 15) is 4.21 Å². The third-order valence-electron chi connectivity index (χ3n) is 4.21. The number of nitrogens with one attached hydrogen (secondary N) is 1. The van der Waals surface area contributed by atoms with E-state index in [1.54, 1.807) is 6.26 Å². The summed E-state index contributed by atoms with van der Waals surface area (Å²) in [4.78, 5) is 0. The third-order valence-corrected chi connectivity index (χ3v) is 5.51. The fourth-order valence-corrected chi connectivity index (χ4v) is 2.94. The van der Waals surface area contributed by atoms with E-state index in [1.807, 2.05) is 0 Å². The van der Waals surface area contributed by atoms with E-state index in [1.165, 1.54) is 25.7 Å². The highest BCUT2D eigenvalue weighted by atomic mass is 32.2. The Bertz CT molecular complexity index is 251. The van der Waals surface area contributed by atoms with Gasteiger partial charge in [0.2, 0.25) is 0 Å². The Morgan fingerprint density at radius 1 is 1.24 bits per heavy atom. The molecule has 1 fully saturated rings. The summed E-state index contributed by atoms with van der Waals surface area (Å²) in [6.45, 7) is 10.0. The van der Waals surface area contributed by atoms with Crippen molar-refractivity contribution in [2.24, 2.45) is 11.3 Å². The molecule has 3 heteroatoms. The predicted molar refractivity (Wildman–Crippen MR) is 76.7 cm³/mol. The summed E-state index contributed by atoms with van der Waals surface area (Å²) in [6, 6.07) is 0.652. The van der Waals surface area contributed by atoms with Gasteiger partial charge in [-0.2, -0.15) is 0 Å². The van der Waals surface area contributed by atoms with Crippen molar-refractivity contribution in [1.29, 1.82) is 0 Å². The molecule has 0 saturated heterocycles. The molecule has 0 spiro atoms. The lowest BCUT2D eigenvalue weighted by Gasteiger charge is -2.37. The van der Waals surface area contributed by atoms with Crippen LogP contribution in [0.4, 0.5) is 0 Å². The Labute approximate surface area is 109 Å². The van der Waals surface area contributed by atoms with Crippen LogP contribution in [-0.2, 0) is 10.8 Å². The number of hydrogen-bond acceptors (Lipinski definition) is 2. The van der Waals surface area contributed by atoms with E-state index in [0.717, 1.165) is 12.5 Å². The maximum absolute atomic E-state index is 11.3. The molecule has 2 nitrogen and oxygen atoms in total. The Morgan fingerprint density at radius 3 is 2.18 bits per heavy atom. The van der Waals surface area contributed by atoms with Gasteiger partial charge in [0.05, 0.1) is 0 Å². The lowest BCUT2D eigenvalue weighted by molar-refractivity contribution is 0.160. The topological polar surface area (TPSA) is 29.1 Å². The Kier molecular flexibility index (Phi) is 5.65. The first kappa shape index (κ1) is 15.2. The maximum Gasteiger partial charge on any atom is 0.0441 e. The van der Waals surface area contributed by atoms with Gasteiger partial charge in [-0.25, -0.2) is 0 Å². The van der Waals surface area contributed by atoms with Crippen molar-refractivity contribution in [1.82, 2.24) is 5.32 Å². The molecule has 1 saturated carbocycles. The van der Waals surface area contributed by atoms with Crippen LogP contribution < -0.4 is 5.32 Å². The second-order valence-electron chi connectivity index (χ2n) is 6.63. The van der Waals surface area contributed by atoms with Crippen molar-refractivity contribution < 1.29 is 4.21 Å². The fraction of sp³-hybridized carbons (Fsp3) is 1.00. The van der Waals surface area contributed by atoms with Crippen LogP contribution in [0.2, 0.25) is 0 Å². The molecule has 17 heavy (non-hydrogen) atoms. The quantitative estimate of drug-likeness (QED) is 0.841. The summed E-state index contributed by atoms with van der Waals surface area (Å²) in [5.41, 5.74) is 0.461. The molecule has 2 atom stereocenters. The van der Waals surface area contributed by atoms with Crippen LogP contribution in [-0.4, -0.2) is 28.3 Å². The Morgan fingerprint density at radius 2 is 1.76 bits per heavy atom. The molecular formula is C14H29NOS. The van der Waals surface area contributed by atoms with E-state index in [2.05, 4.69) is 33.0 Å². The van der Waals surface area contributed by atoms with Gasteiger partial charge >= 0.3 is 0 Å². The molecule has 0 heterocycles. The second-order valence-corrected chi connectivity index (χ2v) is 8.43. The van der Waals surface area contributed by atoms with Crippen LogP contribution in [0.25, 0.3) is 0 Å². The zero-order valence-electron chi connectivity index (χ0n) is 12.1. The summed E-state index contributed by atoms with van der Waals surface area (Å²) in [5.74, 6) is 0.873. The van der Waals surface area contributed by atoms with E-state index in [0.29, 0.717) is 11.5 Å². The van der Waals surface area contributed by atoms with Crippen LogP contribution in [0.15, 0.2) is 0 Å². The first-order valence-corrected chi connectivity index (χ1v) is 8.48. The van der Waals surface area contributed by atoms with Gasteiger partial charge in [-0.1, -0.05) is 20.8 Å². The lowest BCUT2D eigenvalue weighted by Crippen LogP contribution is -2.39. The zero-order valence-corrected chi connectivity index (χ0v) is 12.9. The highest BCUT2D eigenvalue weighted by Gasteiger charge is 2.29. The lowest BCUT2D eigenvalue weighted by atomic mass is 9.71. The third kappa shape index (κ3) is 5.09. The van der Waals surface area contributed by atoms with Crippen molar-refractivity contribution in [2.75, 3.05) is 12.8 Å². The second kappa shape index (κ2) is 6.33.